The van der Waals surface area contributed by atoms with Gasteiger partial charge in [0.15, 0.2) is 0 Å². The van der Waals surface area contributed by atoms with E-state index in [9.17, 15) is 8.54 Å². The summed E-state index contributed by atoms with van der Waals surface area (Å²) in [4.78, 5) is 0. The molecule has 0 spiro atoms. The molecule has 5 nitrogen and oxygen atoms in total. The van der Waals surface area contributed by atoms with Gasteiger partial charge in [-0.1, -0.05) is 0 Å². The van der Waals surface area contributed by atoms with Crippen molar-refractivity contribution in [2.24, 2.45) is 11.8 Å². The number of nitrogens with zero attached hydrogens (tertiary/aromatic N) is 1. The molecular formula is C17H33IN2O3. The molecule has 1 aliphatic heterocycles. The van der Waals surface area contributed by atoms with Gasteiger partial charge < -0.3 is 0 Å². The monoisotopic (exact) mass is 440 g/mol. The van der Waals surface area contributed by atoms with Gasteiger partial charge in [-0.25, -0.2) is 0 Å². The Balaban J connectivity index is 1.58. The van der Waals surface area contributed by atoms with Crippen LogP contribution < -0.4 is 3.53 Å². The van der Waals surface area contributed by atoms with Gasteiger partial charge in [-0.05, 0) is 0 Å². The van der Waals surface area contributed by atoms with Crippen molar-refractivity contribution < 1.29 is 13.3 Å². The van der Waals surface area contributed by atoms with Crippen molar-refractivity contribution in [2.75, 3.05) is 13.7 Å². The molecule has 136 valence electrons. The van der Waals surface area contributed by atoms with Crippen LogP contribution in [0.15, 0.2) is 0 Å². The second-order valence-electron chi connectivity index (χ2n) is 7.58. The predicted molar refractivity (Wildman–Crippen MR) is 99.8 cm³/mol. The van der Waals surface area contributed by atoms with Crippen LogP contribution in [0.3, 0.4) is 0 Å². The Morgan fingerprint density at radius 1 is 1.09 bits per heavy atom. The molecule has 0 aromatic carbocycles. The summed E-state index contributed by atoms with van der Waals surface area (Å²) in [6.07, 6.45) is 12.2. The number of methoxy groups -OCH3 is 1. The van der Waals surface area contributed by atoms with Gasteiger partial charge in [0.2, 0.25) is 0 Å². The Bertz CT molecular complexity index is 368. The molecule has 0 bridgehead atoms. The van der Waals surface area contributed by atoms with Crippen LogP contribution in [-0.2, 0) is 4.74 Å². The topological polar surface area (TPSA) is 65.0 Å². The van der Waals surface area contributed by atoms with Gasteiger partial charge >= 0.3 is 149 Å². The van der Waals surface area contributed by atoms with Crippen LogP contribution in [0.25, 0.3) is 0 Å². The average Bonchev–Trinajstić information content (AvgIpc) is 2.83. The number of hydrogen-bond donors (Lipinski definition) is 3. The first-order chi connectivity index (χ1) is 11.2. The molecule has 1 saturated heterocycles. The summed E-state index contributed by atoms with van der Waals surface area (Å²) in [5.74, 6) is 1.33. The molecule has 23 heavy (non-hydrogen) atoms. The zero-order chi connectivity index (χ0) is 16.2. The third-order valence-corrected chi connectivity index (χ3v) is 9.42. The number of rotatable bonds is 5. The number of hydrogen-bond acceptors (Lipinski definition) is 5. The maximum atomic E-state index is 10.5. The van der Waals surface area contributed by atoms with E-state index in [0.717, 1.165) is 19.4 Å². The second-order valence-corrected chi connectivity index (χ2v) is 10.8. The van der Waals surface area contributed by atoms with Crippen molar-refractivity contribution in [2.45, 2.75) is 82.6 Å². The van der Waals surface area contributed by atoms with Crippen LogP contribution in [0.5, 0.6) is 0 Å². The Labute approximate surface area is 148 Å². The van der Waals surface area contributed by atoms with E-state index in [1.54, 1.807) is 0 Å². The molecule has 4 atom stereocenters. The van der Waals surface area contributed by atoms with Crippen molar-refractivity contribution in [1.29, 1.82) is 0 Å². The van der Waals surface area contributed by atoms with E-state index in [4.69, 9.17) is 4.74 Å². The molecule has 3 N–H and O–H groups in total. The molecule has 0 aromatic rings. The number of aliphatic hydroxyl groups is 1. The Kier molecular flexibility index (Phi) is 6.98. The molecule has 1 heterocycles. The second kappa shape index (κ2) is 8.76. The summed E-state index contributed by atoms with van der Waals surface area (Å²) in [6.45, 7) is 0.983. The first-order valence-corrected chi connectivity index (χ1v) is 12.3. The fourth-order valence-corrected chi connectivity index (χ4v) is 8.06. The molecular weight excluding hydrogens is 407 g/mol. The molecule has 6 heteroatoms. The van der Waals surface area contributed by atoms with Gasteiger partial charge in [-0.2, -0.15) is 0 Å². The maximum absolute atomic E-state index is 10.5. The normalized spacial score (nSPS) is 39.0. The molecule has 0 aromatic heterocycles. The van der Waals surface area contributed by atoms with E-state index in [-0.39, 0.29) is 6.04 Å². The van der Waals surface area contributed by atoms with Crippen molar-refractivity contribution in [3.63, 3.8) is 0 Å². The molecule has 2 saturated carbocycles. The van der Waals surface area contributed by atoms with Crippen LogP contribution >= 0.6 is 20.8 Å². The van der Waals surface area contributed by atoms with Crippen LogP contribution in [-0.4, -0.2) is 43.7 Å². The third-order valence-electron chi connectivity index (χ3n) is 5.94. The van der Waals surface area contributed by atoms with Crippen molar-refractivity contribution in [3.8, 4) is 0 Å². The van der Waals surface area contributed by atoms with Crippen molar-refractivity contribution in [1.82, 2.24) is 6.64 Å². The fourth-order valence-electron chi connectivity index (χ4n) is 4.58. The first-order valence-electron chi connectivity index (χ1n) is 9.30. The summed E-state index contributed by atoms with van der Waals surface area (Å²) in [5, 5.41) is 10.4. The van der Waals surface area contributed by atoms with Gasteiger partial charge in [0, 0.05) is 0 Å². The minimum atomic E-state index is -2.33. The molecule has 4 unspecified atom stereocenters. The van der Waals surface area contributed by atoms with Gasteiger partial charge in [0.25, 0.3) is 0 Å². The molecule has 3 fully saturated rings. The summed E-state index contributed by atoms with van der Waals surface area (Å²) in [5.41, 5.74) is 0. The van der Waals surface area contributed by atoms with Gasteiger partial charge in [-0.15, -0.1) is 0 Å². The zero-order valence-electron chi connectivity index (χ0n) is 14.3. The van der Waals surface area contributed by atoms with Crippen molar-refractivity contribution in [3.05, 3.63) is 0 Å². The molecule has 2 aliphatic carbocycles. The van der Waals surface area contributed by atoms with Gasteiger partial charge in [0.05, 0.1) is 0 Å². The SMILES string of the molecule is COC1CCCC(CC2C(O)NI(O)N2CC2CCCCC2)C1. The summed E-state index contributed by atoms with van der Waals surface area (Å²) in [6, 6.07) is 0.104. The van der Waals surface area contributed by atoms with E-state index in [1.165, 1.54) is 51.4 Å². The van der Waals surface area contributed by atoms with Crippen LogP contribution in [0, 0.1) is 11.8 Å². The molecule has 0 amide bonds. The minimum absolute atomic E-state index is 0.104. The van der Waals surface area contributed by atoms with Crippen LogP contribution in [0.4, 0.5) is 0 Å². The van der Waals surface area contributed by atoms with Crippen LogP contribution in [0.1, 0.15) is 64.2 Å². The Morgan fingerprint density at radius 2 is 1.83 bits per heavy atom. The standard InChI is InChI=1S/C17H33IN2O3/c1-23-15-9-5-8-14(10-15)11-16-17(21)19-18(22)20(16)12-13-6-3-2-4-7-13/h13-17,19,21-22H,2-12H2,1H3. The third kappa shape index (κ3) is 4.79. The number of aliphatic hydroxyl groups excluding tert-OH is 1. The summed E-state index contributed by atoms with van der Waals surface area (Å²) >= 11 is -2.33. The molecule has 0 radical (unpaired) electrons. The van der Waals surface area contributed by atoms with Crippen LogP contribution in [0.2, 0.25) is 0 Å². The first kappa shape index (κ1) is 18.3. The van der Waals surface area contributed by atoms with Gasteiger partial charge in [-0.3, -0.25) is 0 Å². The van der Waals surface area contributed by atoms with Crippen molar-refractivity contribution >= 4 is 20.8 Å². The number of nitrogens with one attached hydrogen (secondary N) is 1. The average molecular weight is 440 g/mol. The van der Waals surface area contributed by atoms with E-state index < -0.39 is 27.0 Å². The fraction of sp³-hybridized carbons (Fsp3) is 1.00. The molecule has 3 rings (SSSR count). The quantitative estimate of drug-likeness (QED) is 0.453. The van der Waals surface area contributed by atoms with E-state index in [0.29, 0.717) is 17.9 Å². The number of halogens is 1. The Morgan fingerprint density at radius 3 is 2.57 bits per heavy atom. The van der Waals surface area contributed by atoms with E-state index in [2.05, 4.69) is 6.64 Å². The summed E-state index contributed by atoms with van der Waals surface area (Å²) < 4.78 is 21.4. The number of ether oxygens (including phenoxy) is 1. The Hall–Kier alpha value is 0.530. The van der Waals surface area contributed by atoms with E-state index >= 15 is 0 Å². The zero-order valence-corrected chi connectivity index (χ0v) is 16.5. The summed E-state index contributed by atoms with van der Waals surface area (Å²) in [7, 11) is 1.81. The predicted octanol–water partition coefficient (Wildman–Crippen LogP) is 3.00. The van der Waals surface area contributed by atoms with Gasteiger partial charge in [0.1, 0.15) is 0 Å². The van der Waals surface area contributed by atoms with E-state index in [1.807, 2.05) is 7.11 Å². The molecule has 3 aliphatic rings.